The fraction of sp³-hybridized carbons (Fsp3) is 0.357. The number of nitrogens with zero attached hydrogens (tertiary/aromatic N) is 3. The molecule has 0 radical (unpaired) electrons. The maximum atomic E-state index is 5.42. The Balaban J connectivity index is 1.09. The van der Waals surface area contributed by atoms with Crippen LogP contribution < -0.4 is 10.2 Å². The van der Waals surface area contributed by atoms with Crippen LogP contribution in [0.1, 0.15) is 22.4 Å². The summed E-state index contributed by atoms with van der Waals surface area (Å²) in [5.74, 6) is 1.81. The third-order valence-corrected chi connectivity index (χ3v) is 7.87. The first-order valence-electron chi connectivity index (χ1n) is 12.1. The molecule has 34 heavy (non-hydrogen) atoms. The third kappa shape index (κ3) is 4.17. The molecule has 0 saturated carbocycles. The van der Waals surface area contributed by atoms with E-state index in [-0.39, 0.29) is 0 Å². The molecule has 6 rings (SSSR count). The fourth-order valence-corrected chi connectivity index (χ4v) is 5.77. The van der Waals surface area contributed by atoms with Gasteiger partial charge in [-0.05, 0) is 49.4 Å². The topological polar surface area (TPSA) is 50.3 Å². The lowest BCUT2D eigenvalue weighted by molar-refractivity contribution is -0.127. The molecule has 4 aromatic rings. The maximum Gasteiger partial charge on any atom is 0.228 e. The van der Waals surface area contributed by atoms with Gasteiger partial charge < -0.3 is 15.0 Å². The van der Waals surface area contributed by atoms with Crippen molar-refractivity contribution in [2.75, 3.05) is 43.1 Å². The van der Waals surface area contributed by atoms with E-state index >= 15 is 0 Å². The third-order valence-electron chi connectivity index (χ3n) is 6.93. The molecular weight excluding hydrogens is 440 g/mol. The molecule has 0 aliphatic carbocycles. The average molecular weight is 471 g/mol. The van der Waals surface area contributed by atoms with Crippen LogP contribution in [0.5, 0.6) is 0 Å². The normalized spacial score (nSPS) is 16.5. The molecule has 2 aliphatic heterocycles. The Morgan fingerprint density at radius 1 is 0.971 bits per heavy atom. The predicted molar refractivity (Wildman–Crippen MR) is 141 cm³/mol. The molecule has 2 aliphatic rings. The minimum Gasteiger partial charge on any atom is -0.380 e. The lowest BCUT2D eigenvalue weighted by atomic mass is 9.78. The van der Waals surface area contributed by atoms with Gasteiger partial charge in [0.15, 0.2) is 0 Å². The Morgan fingerprint density at radius 2 is 1.68 bits per heavy atom. The predicted octanol–water partition coefficient (Wildman–Crippen LogP) is 5.86. The number of nitrogens with one attached hydrogen (secondary N) is 1. The second kappa shape index (κ2) is 8.67. The number of benzene rings is 2. The number of anilines is 2. The summed E-state index contributed by atoms with van der Waals surface area (Å²) >= 11 is 1.75. The highest BCUT2D eigenvalue weighted by atomic mass is 32.1. The molecule has 2 aromatic heterocycles. The van der Waals surface area contributed by atoms with Gasteiger partial charge in [-0.25, -0.2) is 4.98 Å². The van der Waals surface area contributed by atoms with Crippen molar-refractivity contribution in [3.63, 3.8) is 0 Å². The van der Waals surface area contributed by atoms with E-state index in [4.69, 9.17) is 14.7 Å². The first kappa shape index (κ1) is 21.6. The largest absolute Gasteiger partial charge is 0.380 e. The Morgan fingerprint density at radius 3 is 2.35 bits per heavy atom. The molecule has 2 fully saturated rings. The van der Waals surface area contributed by atoms with Gasteiger partial charge in [-0.2, -0.15) is 4.98 Å². The van der Waals surface area contributed by atoms with Crippen LogP contribution in [0.25, 0.3) is 21.3 Å². The monoisotopic (exact) mass is 470 g/mol. The van der Waals surface area contributed by atoms with Crippen molar-refractivity contribution in [3.05, 3.63) is 70.6 Å². The summed E-state index contributed by atoms with van der Waals surface area (Å²) in [6.07, 6.45) is 2.09. The van der Waals surface area contributed by atoms with Gasteiger partial charge in [-0.3, -0.25) is 0 Å². The number of aromatic nitrogens is 2. The molecule has 6 heteroatoms. The molecule has 2 aromatic carbocycles. The van der Waals surface area contributed by atoms with Crippen LogP contribution >= 0.6 is 11.3 Å². The molecule has 0 amide bonds. The second-order valence-electron chi connectivity index (χ2n) is 9.89. The van der Waals surface area contributed by atoms with Crippen molar-refractivity contribution < 1.29 is 4.74 Å². The molecule has 5 nitrogen and oxygen atoms in total. The number of aryl methyl sites for hydroxylation is 3. The van der Waals surface area contributed by atoms with Crippen molar-refractivity contribution >= 4 is 33.3 Å². The number of hydrogen-bond donors (Lipinski definition) is 1. The molecule has 0 unspecified atom stereocenters. The summed E-state index contributed by atoms with van der Waals surface area (Å²) in [7, 11) is 0. The highest BCUT2D eigenvalue weighted by Crippen LogP contribution is 2.40. The molecular formula is C28H30N4OS. The van der Waals surface area contributed by atoms with Crippen molar-refractivity contribution in [1.82, 2.24) is 9.97 Å². The van der Waals surface area contributed by atoms with E-state index in [9.17, 15) is 0 Å². The lowest BCUT2D eigenvalue weighted by Crippen LogP contribution is -2.66. The zero-order chi connectivity index (χ0) is 23.1. The first-order valence-corrected chi connectivity index (χ1v) is 12.9. The number of thiophene rings is 1. The number of fused-ring (bicyclic) bond motifs is 1. The number of ether oxygens (including phenoxy) is 1. The summed E-state index contributed by atoms with van der Waals surface area (Å²) in [5, 5.41) is 4.75. The Labute approximate surface area is 204 Å². The van der Waals surface area contributed by atoms with Crippen molar-refractivity contribution in [2.45, 2.75) is 26.7 Å². The summed E-state index contributed by atoms with van der Waals surface area (Å²) in [6.45, 7) is 8.90. The van der Waals surface area contributed by atoms with E-state index in [0.29, 0.717) is 5.41 Å². The van der Waals surface area contributed by atoms with Gasteiger partial charge in [0.1, 0.15) is 10.6 Å². The number of rotatable bonds is 7. The zero-order valence-electron chi connectivity index (χ0n) is 19.8. The van der Waals surface area contributed by atoms with E-state index in [1.807, 2.05) is 0 Å². The molecule has 0 bridgehead atoms. The van der Waals surface area contributed by atoms with Crippen LogP contribution in [0.15, 0.2) is 54.6 Å². The van der Waals surface area contributed by atoms with Crippen LogP contribution in [0.4, 0.5) is 11.8 Å². The molecule has 2 saturated heterocycles. The molecule has 174 valence electrons. The quantitative estimate of drug-likeness (QED) is 0.343. The Hall–Kier alpha value is -2.96. The summed E-state index contributed by atoms with van der Waals surface area (Å²) in [5.41, 5.74) is 5.55. The second-order valence-corrected chi connectivity index (χ2v) is 11.1. The average Bonchev–Trinajstić information content (AvgIpc) is 3.16. The highest BCUT2D eigenvalue weighted by molar-refractivity contribution is 7.18. The van der Waals surface area contributed by atoms with Gasteiger partial charge in [0.05, 0.1) is 24.0 Å². The zero-order valence-corrected chi connectivity index (χ0v) is 20.6. The first-order chi connectivity index (χ1) is 16.6. The van der Waals surface area contributed by atoms with Crippen molar-refractivity contribution in [3.8, 4) is 11.1 Å². The van der Waals surface area contributed by atoms with Crippen LogP contribution in [-0.2, 0) is 11.2 Å². The van der Waals surface area contributed by atoms with E-state index in [0.717, 1.165) is 67.7 Å². The molecule has 1 N–H and O–H groups in total. The fourth-order valence-electron chi connectivity index (χ4n) is 4.89. The summed E-state index contributed by atoms with van der Waals surface area (Å²) in [4.78, 5) is 14.4. The lowest BCUT2D eigenvalue weighted by Gasteiger charge is -2.54. The van der Waals surface area contributed by atoms with Gasteiger partial charge in [-0.15, -0.1) is 11.3 Å². The van der Waals surface area contributed by atoms with Crippen LogP contribution in [0.3, 0.4) is 0 Å². The van der Waals surface area contributed by atoms with E-state index in [1.54, 1.807) is 11.3 Å². The Kier molecular flexibility index (Phi) is 5.50. The van der Waals surface area contributed by atoms with Crippen molar-refractivity contribution in [1.29, 1.82) is 0 Å². The minimum absolute atomic E-state index is 0.353. The SMILES string of the molecule is Cc1ccc(-c2ccc(CCCNc3nc(N4CC5(COC5)C4)nc4sc(C)cc34)cc2)cc1. The van der Waals surface area contributed by atoms with Gasteiger partial charge in [0.2, 0.25) is 5.95 Å². The van der Waals surface area contributed by atoms with E-state index < -0.39 is 0 Å². The molecule has 4 heterocycles. The van der Waals surface area contributed by atoms with E-state index in [1.165, 1.54) is 27.1 Å². The maximum absolute atomic E-state index is 5.42. The summed E-state index contributed by atoms with van der Waals surface area (Å²) < 4.78 is 5.42. The highest BCUT2D eigenvalue weighted by Gasteiger charge is 2.50. The van der Waals surface area contributed by atoms with Gasteiger partial charge in [-0.1, -0.05) is 54.1 Å². The molecule has 0 atom stereocenters. The van der Waals surface area contributed by atoms with Crippen LogP contribution in [0.2, 0.25) is 0 Å². The summed E-state index contributed by atoms with van der Waals surface area (Å²) in [6, 6.07) is 19.9. The minimum atomic E-state index is 0.353. The van der Waals surface area contributed by atoms with Gasteiger partial charge >= 0.3 is 0 Å². The standard InChI is InChI=1S/C28H30N4OS/c1-19-5-9-22(10-6-19)23-11-7-21(8-12-23)4-3-13-29-25-24-14-20(2)34-26(24)31-27(30-25)32-15-28(16-32)17-33-18-28/h5-12,14H,3-4,13,15-18H2,1-2H3,(H,29,30,31). The van der Waals surface area contributed by atoms with Crippen LogP contribution in [0, 0.1) is 19.3 Å². The number of hydrogen-bond acceptors (Lipinski definition) is 6. The smallest absolute Gasteiger partial charge is 0.228 e. The van der Waals surface area contributed by atoms with Crippen molar-refractivity contribution in [2.24, 2.45) is 5.41 Å². The molecule has 1 spiro atoms. The van der Waals surface area contributed by atoms with E-state index in [2.05, 4.69) is 78.7 Å². The van der Waals surface area contributed by atoms with Gasteiger partial charge in [0, 0.05) is 24.5 Å². The Bertz CT molecular complexity index is 1300. The van der Waals surface area contributed by atoms with Gasteiger partial charge in [0.25, 0.3) is 0 Å². The van der Waals surface area contributed by atoms with Crippen LogP contribution in [-0.4, -0.2) is 42.8 Å².